The second-order valence-corrected chi connectivity index (χ2v) is 4.74. The van der Waals surface area contributed by atoms with Crippen molar-refractivity contribution in [2.75, 3.05) is 6.54 Å². The van der Waals surface area contributed by atoms with Gasteiger partial charge >= 0.3 is 0 Å². The summed E-state index contributed by atoms with van der Waals surface area (Å²) in [7, 11) is 0. The molecule has 0 saturated heterocycles. The summed E-state index contributed by atoms with van der Waals surface area (Å²) >= 11 is 0. The predicted octanol–water partition coefficient (Wildman–Crippen LogP) is 2.43. The number of unbranched alkanes of at least 4 members (excludes halogenated alkanes) is 3. The Balaban J connectivity index is 4.02. The molecule has 0 spiro atoms. The van der Waals surface area contributed by atoms with E-state index in [0.29, 0.717) is 12.3 Å². The lowest BCUT2D eigenvalue weighted by Gasteiger charge is -2.16. The molecule has 0 aliphatic carbocycles. The highest BCUT2D eigenvalue weighted by Gasteiger charge is 2.18. The lowest BCUT2D eigenvalue weighted by Crippen LogP contribution is -2.37. The minimum absolute atomic E-state index is 0.335. The van der Waals surface area contributed by atoms with Gasteiger partial charge in [-0.2, -0.15) is 0 Å². The van der Waals surface area contributed by atoms with Gasteiger partial charge in [0.15, 0.2) is 0 Å². The highest BCUT2D eigenvalue weighted by molar-refractivity contribution is 5.86. The van der Waals surface area contributed by atoms with Gasteiger partial charge in [-0.3, -0.25) is 4.79 Å². The van der Waals surface area contributed by atoms with E-state index in [1.165, 1.54) is 25.3 Å². The fourth-order valence-electron chi connectivity index (χ4n) is 1.69. The minimum Gasteiger partial charge on any atom is -0.306 e. The van der Waals surface area contributed by atoms with Crippen molar-refractivity contribution >= 4 is 12.0 Å². The smallest absolute Gasteiger partial charge is 0.273 e. The number of isocyanates is 1. The average molecular weight is 240 g/mol. The Morgan fingerprint density at radius 3 is 2.53 bits per heavy atom. The molecule has 1 amide bonds. The third-order valence-corrected chi connectivity index (χ3v) is 2.58. The molecule has 0 bridgehead atoms. The van der Waals surface area contributed by atoms with Crippen LogP contribution < -0.4 is 5.32 Å². The number of carbonyl (C=O) groups excluding carboxylic acids is 2. The van der Waals surface area contributed by atoms with Crippen molar-refractivity contribution in [1.82, 2.24) is 5.32 Å². The highest BCUT2D eigenvalue weighted by atomic mass is 16.2. The van der Waals surface area contributed by atoms with Crippen LogP contribution in [0.25, 0.3) is 0 Å². The Hall–Kier alpha value is -0.990. The summed E-state index contributed by atoms with van der Waals surface area (Å²) in [5, 5.41) is 3.17. The summed E-state index contributed by atoms with van der Waals surface area (Å²) < 4.78 is 0. The molecule has 0 aromatic carbocycles. The number of nitrogens with zero attached hydrogens (tertiary/aromatic N) is 1. The van der Waals surface area contributed by atoms with Crippen LogP contribution in [0.5, 0.6) is 0 Å². The van der Waals surface area contributed by atoms with E-state index in [1.807, 2.05) is 13.8 Å². The third-order valence-electron chi connectivity index (χ3n) is 2.58. The zero-order valence-electron chi connectivity index (χ0n) is 11.2. The third kappa shape index (κ3) is 8.78. The Bertz CT molecular complexity index is 258. The molecule has 98 valence electrons. The van der Waals surface area contributed by atoms with E-state index in [2.05, 4.69) is 17.2 Å². The van der Waals surface area contributed by atoms with Crippen LogP contribution in [-0.4, -0.2) is 24.6 Å². The summed E-state index contributed by atoms with van der Waals surface area (Å²) in [4.78, 5) is 24.8. The van der Waals surface area contributed by atoms with Gasteiger partial charge in [-0.25, -0.2) is 4.79 Å². The Morgan fingerprint density at radius 1 is 1.29 bits per heavy atom. The molecular weight excluding hydrogens is 216 g/mol. The standard InChI is InChI=1S/C13H24N2O2/c1-4-5-6-7-8-14-12(9-11(2)3)13(17)15-10-16/h11-12,14H,4-9H2,1-3H3. The van der Waals surface area contributed by atoms with Crippen molar-refractivity contribution in [3.8, 4) is 0 Å². The topological polar surface area (TPSA) is 58.5 Å². The quantitative estimate of drug-likeness (QED) is 0.382. The lowest BCUT2D eigenvalue weighted by atomic mass is 10.0. The average Bonchev–Trinajstić information content (AvgIpc) is 2.27. The molecule has 0 rings (SSSR count). The maximum absolute atomic E-state index is 11.5. The largest absolute Gasteiger partial charge is 0.306 e. The number of aliphatic imine (C=N–C) groups is 1. The van der Waals surface area contributed by atoms with Gasteiger partial charge in [0.05, 0.1) is 6.04 Å². The monoisotopic (exact) mass is 240 g/mol. The molecule has 1 unspecified atom stereocenters. The number of hydrogen-bond acceptors (Lipinski definition) is 3. The van der Waals surface area contributed by atoms with Crippen LogP contribution in [0.1, 0.15) is 52.9 Å². The predicted molar refractivity (Wildman–Crippen MR) is 68.5 cm³/mol. The van der Waals surface area contributed by atoms with Crippen LogP contribution in [0, 0.1) is 5.92 Å². The molecule has 17 heavy (non-hydrogen) atoms. The number of rotatable bonds is 9. The van der Waals surface area contributed by atoms with Crippen LogP contribution in [0.2, 0.25) is 0 Å². The van der Waals surface area contributed by atoms with Gasteiger partial charge < -0.3 is 5.32 Å². The molecule has 0 aromatic heterocycles. The summed E-state index contributed by atoms with van der Waals surface area (Å²) in [6.45, 7) is 7.06. The first-order valence-corrected chi connectivity index (χ1v) is 6.46. The molecule has 4 heteroatoms. The molecule has 1 N–H and O–H groups in total. The van der Waals surface area contributed by atoms with E-state index in [1.54, 1.807) is 0 Å². The van der Waals surface area contributed by atoms with Crippen molar-refractivity contribution < 1.29 is 9.59 Å². The van der Waals surface area contributed by atoms with E-state index in [4.69, 9.17) is 0 Å². The van der Waals surface area contributed by atoms with Gasteiger partial charge in [0.1, 0.15) is 0 Å². The van der Waals surface area contributed by atoms with Gasteiger partial charge in [0, 0.05) is 0 Å². The summed E-state index contributed by atoms with van der Waals surface area (Å²) in [5.41, 5.74) is 0. The normalized spacial score (nSPS) is 12.2. The van der Waals surface area contributed by atoms with Crippen molar-refractivity contribution in [3.05, 3.63) is 0 Å². The summed E-state index contributed by atoms with van der Waals surface area (Å²) in [6, 6.07) is -0.335. The molecule has 0 radical (unpaired) electrons. The van der Waals surface area contributed by atoms with E-state index >= 15 is 0 Å². The maximum Gasteiger partial charge on any atom is 0.273 e. The van der Waals surface area contributed by atoms with Crippen LogP contribution in [-0.2, 0) is 9.59 Å². The Labute approximate surface area is 104 Å². The summed E-state index contributed by atoms with van der Waals surface area (Å²) in [6.07, 6.45) is 6.67. The Morgan fingerprint density at radius 2 is 2.00 bits per heavy atom. The van der Waals surface area contributed by atoms with Crippen LogP contribution >= 0.6 is 0 Å². The molecule has 1 atom stereocenters. The van der Waals surface area contributed by atoms with Gasteiger partial charge in [-0.1, -0.05) is 40.0 Å². The second kappa shape index (κ2) is 10.2. The number of amides is 1. The number of carbonyl (C=O) groups is 1. The van der Waals surface area contributed by atoms with E-state index < -0.39 is 5.91 Å². The molecule has 0 fully saturated rings. The van der Waals surface area contributed by atoms with Crippen molar-refractivity contribution in [3.63, 3.8) is 0 Å². The molecule has 0 aliphatic rings. The first-order chi connectivity index (χ1) is 8.11. The minimum atomic E-state index is -0.399. The van der Waals surface area contributed by atoms with Crippen molar-refractivity contribution in [2.45, 2.75) is 58.9 Å². The van der Waals surface area contributed by atoms with Gasteiger partial charge in [-0.05, 0) is 25.3 Å². The molecular formula is C13H24N2O2. The van der Waals surface area contributed by atoms with Gasteiger partial charge in [0.2, 0.25) is 6.08 Å². The fourth-order valence-corrected chi connectivity index (χ4v) is 1.69. The zero-order valence-corrected chi connectivity index (χ0v) is 11.2. The van der Waals surface area contributed by atoms with E-state index in [9.17, 15) is 9.59 Å². The fraction of sp³-hybridized carbons (Fsp3) is 0.846. The first-order valence-electron chi connectivity index (χ1n) is 6.46. The van der Waals surface area contributed by atoms with Crippen molar-refractivity contribution in [1.29, 1.82) is 0 Å². The first kappa shape index (κ1) is 16.0. The molecule has 0 aliphatic heterocycles. The Kier molecular flexibility index (Phi) is 9.59. The van der Waals surface area contributed by atoms with E-state index in [0.717, 1.165) is 13.0 Å². The van der Waals surface area contributed by atoms with Crippen LogP contribution in [0.3, 0.4) is 0 Å². The van der Waals surface area contributed by atoms with E-state index in [-0.39, 0.29) is 6.04 Å². The van der Waals surface area contributed by atoms with Crippen LogP contribution in [0.15, 0.2) is 4.99 Å². The molecule has 0 aromatic rings. The molecule has 0 heterocycles. The molecule has 0 saturated carbocycles. The second-order valence-electron chi connectivity index (χ2n) is 4.74. The number of hydrogen-bond donors (Lipinski definition) is 1. The summed E-state index contributed by atoms with van der Waals surface area (Å²) in [5.74, 6) is -0.00173. The number of nitrogens with one attached hydrogen (secondary N) is 1. The highest BCUT2D eigenvalue weighted by Crippen LogP contribution is 2.07. The van der Waals surface area contributed by atoms with Gasteiger partial charge in [-0.15, -0.1) is 4.99 Å². The lowest BCUT2D eigenvalue weighted by molar-refractivity contribution is -0.120. The zero-order chi connectivity index (χ0) is 13.1. The SMILES string of the molecule is CCCCCCNC(CC(C)C)C(=O)N=C=O. The van der Waals surface area contributed by atoms with Crippen LogP contribution in [0.4, 0.5) is 0 Å². The van der Waals surface area contributed by atoms with Crippen molar-refractivity contribution in [2.24, 2.45) is 10.9 Å². The maximum atomic E-state index is 11.5. The van der Waals surface area contributed by atoms with Gasteiger partial charge in [0.25, 0.3) is 5.91 Å². The molecule has 4 nitrogen and oxygen atoms in total.